The van der Waals surface area contributed by atoms with Crippen molar-refractivity contribution >= 4 is 33.1 Å². The van der Waals surface area contributed by atoms with E-state index in [9.17, 15) is 27.9 Å². The molecule has 1 unspecified atom stereocenters. The summed E-state index contributed by atoms with van der Waals surface area (Å²) in [6.07, 6.45) is 4.59. The molecule has 47 heavy (non-hydrogen) atoms. The zero-order valence-electron chi connectivity index (χ0n) is 25.7. The number of benzene rings is 3. The van der Waals surface area contributed by atoms with E-state index in [1.165, 1.54) is 18.2 Å². The molecule has 244 valence electrons. The number of aromatic hydroxyl groups is 1. The second-order valence-corrected chi connectivity index (χ2v) is 13.7. The summed E-state index contributed by atoms with van der Waals surface area (Å²) in [5.74, 6) is -1.32. The molecular weight excluding hydrogens is 620 g/mol. The van der Waals surface area contributed by atoms with Gasteiger partial charge in [-0.1, -0.05) is 55.0 Å². The molecule has 1 saturated carbocycles. The molecule has 1 heterocycles. The molecule has 0 saturated heterocycles. The number of carbonyl (C=O) groups is 2. The smallest absolute Gasteiger partial charge is 0.343 e. The van der Waals surface area contributed by atoms with E-state index in [-0.39, 0.29) is 64.6 Å². The van der Waals surface area contributed by atoms with E-state index in [1.807, 2.05) is 30.3 Å². The predicted octanol–water partition coefficient (Wildman–Crippen LogP) is 6.14. The van der Waals surface area contributed by atoms with Gasteiger partial charge in [0.1, 0.15) is 18.1 Å². The number of carbonyl (C=O) groups excluding carboxylic acids is 2. The van der Waals surface area contributed by atoms with Gasteiger partial charge in [-0.05, 0) is 73.1 Å². The topological polar surface area (TPSA) is 152 Å². The highest BCUT2D eigenvalue weighted by molar-refractivity contribution is 7.92. The maximum atomic E-state index is 13.4. The lowest BCUT2D eigenvalue weighted by Crippen LogP contribution is -2.21. The monoisotopic (exact) mass is 656 g/mol. The van der Waals surface area contributed by atoms with Crippen LogP contribution in [0.25, 0.3) is 0 Å². The first-order chi connectivity index (χ1) is 22.7. The third-order valence-electron chi connectivity index (χ3n) is 8.47. The number of fused-ring (bicyclic) bond motifs is 1. The first-order valence-electron chi connectivity index (χ1n) is 15.8. The van der Waals surface area contributed by atoms with Crippen molar-refractivity contribution in [2.24, 2.45) is 5.92 Å². The Balaban J connectivity index is 1.20. The number of Topliss-reactive ketones (excluding diaryl/α,β-unsaturated/α-hetero) is 1. The van der Waals surface area contributed by atoms with Gasteiger partial charge in [-0.15, -0.1) is 0 Å². The van der Waals surface area contributed by atoms with Crippen molar-refractivity contribution in [3.8, 4) is 5.75 Å². The Bertz CT molecular complexity index is 1950. The van der Waals surface area contributed by atoms with Crippen LogP contribution in [-0.2, 0) is 32.6 Å². The van der Waals surface area contributed by atoms with Crippen LogP contribution in [0.2, 0.25) is 0 Å². The average molecular weight is 657 g/mol. The average Bonchev–Trinajstić information content (AvgIpc) is 3.88. The molecule has 10 nitrogen and oxygen atoms in total. The van der Waals surface area contributed by atoms with Gasteiger partial charge >= 0.3 is 5.63 Å². The number of ether oxygens (including phenoxy) is 1. The molecule has 1 fully saturated rings. The van der Waals surface area contributed by atoms with Crippen molar-refractivity contribution in [3.05, 3.63) is 117 Å². The van der Waals surface area contributed by atoms with E-state index in [2.05, 4.69) is 10.0 Å². The number of aryl methyl sites for hydroxylation is 1. The standard InChI is InChI=1S/C36H36N2O8S/c39-29-15-5-2-6-16-30-33(29)35(41)34(36(42)46-30)32(24-17-18-24)25-11-7-13-27(19-25)38-47(43,44)28-14-8-12-26(20-28)37-31(40)22-45-21-23-9-3-1-4-10-23/h1,3-4,7-14,19-20,24,32,38,41H,2,5-6,15-18,21-22H2,(H,37,40). The fraction of sp³-hybridized carbons (Fsp3) is 0.306. The Morgan fingerprint density at radius 2 is 1.66 bits per heavy atom. The van der Waals surface area contributed by atoms with Gasteiger partial charge in [0.2, 0.25) is 5.91 Å². The van der Waals surface area contributed by atoms with E-state index in [1.54, 1.807) is 30.3 Å². The molecule has 11 heteroatoms. The maximum Gasteiger partial charge on any atom is 0.343 e. The number of anilines is 2. The number of rotatable bonds is 11. The Morgan fingerprint density at radius 1 is 0.915 bits per heavy atom. The number of nitrogens with one attached hydrogen (secondary N) is 2. The summed E-state index contributed by atoms with van der Waals surface area (Å²) in [7, 11) is -4.09. The van der Waals surface area contributed by atoms with Crippen LogP contribution in [0.4, 0.5) is 11.4 Å². The molecule has 0 aliphatic heterocycles. The van der Waals surface area contributed by atoms with Gasteiger partial charge in [-0.3, -0.25) is 14.3 Å². The quantitative estimate of drug-likeness (QED) is 0.174. The van der Waals surface area contributed by atoms with Crippen LogP contribution < -0.4 is 15.7 Å². The first-order valence-corrected chi connectivity index (χ1v) is 17.2. The van der Waals surface area contributed by atoms with Crippen LogP contribution in [-0.4, -0.2) is 31.8 Å². The number of amides is 1. The Labute approximate surface area is 272 Å². The highest BCUT2D eigenvalue weighted by atomic mass is 32.2. The SMILES string of the molecule is O=C(COCc1ccccc1)Nc1cccc(S(=O)(=O)Nc2cccc(C(c3c(O)c4c(oc3=O)CCCCCC4=O)C3CC3)c2)c1. The molecule has 6 rings (SSSR count). The fourth-order valence-corrected chi connectivity index (χ4v) is 7.17. The summed E-state index contributed by atoms with van der Waals surface area (Å²) < 4.78 is 40.6. The molecule has 1 amide bonds. The highest BCUT2D eigenvalue weighted by Gasteiger charge is 2.39. The van der Waals surface area contributed by atoms with Crippen LogP contribution in [0.1, 0.15) is 77.3 Å². The number of hydrogen-bond acceptors (Lipinski definition) is 8. The molecule has 3 N–H and O–H groups in total. The lowest BCUT2D eigenvalue weighted by atomic mass is 9.85. The molecule has 1 atom stereocenters. The zero-order valence-corrected chi connectivity index (χ0v) is 26.6. The van der Waals surface area contributed by atoms with E-state index < -0.39 is 27.5 Å². The zero-order chi connectivity index (χ0) is 33.0. The molecule has 0 bridgehead atoms. The van der Waals surface area contributed by atoms with Gasteiger partial charge in [0.25, 0.3) is 10.0 Å². The molecule has 2 aliphatic carbocycles. The number of sulfonamides is 1. The van der Waals surface area contributed by atoms with Gasteiger partial charge in [0.05, 0.1) is 22.6 Å². The molecular formula is C36H36N2O8S. The predicted molar refractivity (Wildman–Crippen MR) is 176 cm³/mol. The molecule has 2 aliphatic rings. The van der Waals surface area contributed by atoms with Crippen LogP contribution in [0.5, 0.6) is 5.75 Å². The lowest BCUT2D eigenvalue weighted by Gasteiger charge is -2.21. The first kappa shape index (κ1) is 32.2. The van der Waals surface area contributed by atoms with E-state index in [0.717, 1.165) is 31.2 Å². The third kappa shape index (κ3) is 7.64. The summed E-state index contributed by atoms with van der Waals surface area (Å²) >= 11 is 0. The van der Waals surface area contributed by atoms with Crippen LogP contribution in [0, 0.1) is 5.92 Å². The fourth-order valence-electron chi connectivity index (χ4n) is 6.08. The van der Waals surface area contributed by atoms with E-state index >= 15 is 0 Å². The van der Waals surface area contributed by atoms with E-state index in [0.29, 0.717) is 24.1 Å². The van der Waals surface area contributed by atoms with Crippen LogP contribution in [0.3, 0.4) is 0 Å². The molecule has 4 aromatic rings. The van der Waals surface area contributed by atoms with Crippen LogP contribution >= 0.6 is 0 Å². The molecule has 0 spiro atoms. The van der Waals surface area contributed by atoms with Gasteiger partial charge < -0.3 is 19.6 Å². The van der Waals surface area contributed by atoms with E-state index in [4.69, 9.17) is 9.15 Å². The minimum absolute atomic E-state index is 0.0225. The van der Waals surface area contributed by atoms with Gasteiger partial charge in [-0.25, -0.2) is 13.2 Å². The summed E-state index contributed by atoms with van der Waals surface area (Å²) in [5.41, 5.74) is 1.54. The Kier molecular flexibility index (Phi) is 9.55. The van der Waals surface area contributed by atoms with Crippen molar-refractivity contribution in [1.29, 1.82) is 0 Å². The molecule has 0 radical (unpaired) electrons. The summed E-state index contributed by atoms with van der Waals surface area (Å²) in [6.45, 7) is 0.0632. The minimum Gasteiger partial charge on any atom is -0.506 e. The molecule has 3 aromatic carbocycles. The van der Waals surface area contributed by atoms with Crippen molar-refractivity contribution in [2.75, 3.05) is 16.6 Å². The lowest BCUT2D eigenvalue weighted by molar-refractivity contribution is -0.121. The van der Waals surface area contributed by atoms with Crippen molar-refractivity contribution in [2.45, 2.75) is 62.4 Å². The summed E-state index contributed by atoms with van der Waals surface area (Å²) in [5, 5.41) is 14.0. The summed E-state index contributed by atoms with van der Waals surface area (Å²) in [6, 6.07) is 22.0. The van der Waals surface area contributed by atoms with Gasteiger partial charge in [-0.2, -0.15) is 0 Å². The summed E-state index contributed by atoms with van der Waals surface area (Å²) in [4.78, 5) is 38.7. The van der Waals surface area contributed by atoms with Gasteiger partial charge in [0, 0.05) is 30.1 Å². The maximum absolute atomic E-state index is 13.4. The number of hydrogen-bond donors (Lipinski definition) is 3. The normalized spacial score (nSPS) is 15.6. The minimum atomic E-state index is -4.09. The van der Waals surface area contributed by atoms with Crippen LogP contribution in [0.15, 0.2) is 93.0 Å². The second-order valence-electron chi connectivity index (χ2n) is 12.0. The highest BCUT2D eigenvalue weighted by Crippen LogP contribution is 2.49. The van der Waals surface area contributed by atoms with Gasteiger partial charge in [0.15, 0.2) is 5.78 Å². The Hall–Kier alpha value is -4.74. The third-order valence-corrected chi connectivity index (χ3v) is 9.85. The molecule has 1 aromatic heterocycles. The van der Waals surface area contributed by atoms with Crippen molar-refractivity contribution < 1.29 is 32.3 Å². The van der Waals surface area contributed by atoms with Crippen molar-refractivity contribution in [3.63, 3.8) is 0 Å². The number of ketones is 1. The Morgan fingerprint density at radius 3 is 2.45 bits per heavy atom. The largest absolute Gasteiger partial charge is 0.506 e. The second kappa shape index (κ2) is 13.9. The van der Waals surface area contributed by atoms with Crippen molar-refractivity contribution in [1.82, 2.24) is 0 Å².